The number of hydrogen-bond donors (Lipinski definition) is 1. The number of halogens is 2. The van der Waals surface area contributed by atoms with Crippen molar-refractivity contribution in [3.63, 3.8) is 0 Å². The SMILES string of the molecule is CCN(CC(=O)N(C)C)S(=O)(=O)c1cc(N)c(F)cc1F. The Hall–Kier alpha value is -1.74. The molecule has 0 aliphatic heterocycles. The molecule has 0 aliphatic carbocycles. The van der Waals surface area contributed by atoms with E-state index >= 15 is 0 Å². The molecule has 0 heterocycles. The maximum atomic E-state index is 13.7. The Morgan fingerprint density at radius 1 is 1.24 bits per heavy atom. The van der Waals surface area contributed by atoms with Crippen LogP contribution in [0.3, 0.4) is 0 Å². The smallest absolute Gasteiger partial charge is 0.246 e. The summed E-state index contributed by atoms with van der Waals surface area (Å²) >= 11 is 0. The Morgan fingerprint density at radius 3 is 2.29 bits per heavy atom. The molecule has 0 radical (unpaired) electrons. The van der Waals surface area contributed by atoms with Crippen LogP contribution in [0, 0.1) is 11.6 Å². The maximum Gasteiger partial charge on any atom is 0.246 e. The molecule has 2 N–H and O–H groups in total. The van der Waals surface area contributed by atoms with Gasteiger partial charge in [-0.15, -0.1) is 0 Å². The Labute approximate surface area is 122 Å². The summed E-state index contributed by atoms with van der Waals surface area (Å²) in [7, 11) is -1.34. The van der Waals surface area contributed by atoms with Gasteiger partial charge in [-0.3, -0.25) is 4.79 Å². The van der Waals surface area contributed by atoms with Crippen LogP contribution in [0.25, 0.3) is 0 Å². The number of nitrogens with two attached hydrogens (primary N) is 1. The minimum Gasteiger partial charge on any atom is -0.396 e. The van der Waals surface area contributed by atoms with Crippen LogP contribution in [0.2, 0.25) is 0 Å². The highest BCUT2D eigenvalue weighted by molar-refractivity contribution is 7.89. The molecule has 1 aromatic rings. The lowest BCUT2D eigenvalue weighted by atomic mass is 10.3. The molecule has 0 spiro atoms. The average Bonchev–Trinajstić information content (AvgIpc) is 2.39. The van der Waals surface area contributed by atoms with Crippen molar-refractivity contribution < 1.29 is 22.0 Å². The molecule has 0 fully saturated rings. The van der Waals surface area contributed by atoms with Crippen molar-refractivity contribution in [1.29, 1.82) is 0 Å². The van der Waals surface area contributed by atoms with E-state index in [0.717, 1.165) is 4.31 Å². The normalized spacial score (nSPS) is 11.7. The van der Waals surface area contributed by atoms with Crippen LogP contribution in [-0.4, -0.2) is 50.7 Å². The molecule has 0 atom stereocenters. The van der Waals surface area contributed by atoms with Crippen molar-refractivity contribution in [2.75, 3.05) is 32.9 Å². The quantitative estimate of drug-likeness (QED) is 0.807. The van der Waals surface area contributed by atoms with Gasteiger partial charge in [-0.2, -0.15) is 4.31 Å². The standard InChI is InChI=1S/C12H17F2N3O3S/c1-4-17(7-12(18)16(2)3)21(19,20)11-6-10(15)8(13)5-9(11)14/h5-6H,4,7,15H2,1-3H3. The molecule has 1 amide bonds. The van der Waals surface area contributed by atoms with Gasteiger partial charge >= 0.3 is 0 Å². The average molecular weight is 321 g/mol. The van der Waals surface area contributed by atoms with Crippen molar-refractivity contribution in [2.45, 2.75) is 11.8 Å². The summed E-state index contributed by atoms with van der Waals surface area (Å²) in [6, 6.07) is 1.12. The largest absolute Gasteiger partial charge is 0.396 e. The highest BCUT2D eigenvalue weighted by Gasteiger charge is 2.29. The van der Waals surface area contributed by atoms with Crippen molar-refractivity contribution in [2.24, 2.45) is 0 Å². The molecule has 9 heteroatoms. The first kappa shape index (κ1) is 17.3. The van der Waals surface area contributed by atoms with Crippen molar-refractivity contribution in [1.82, 2.24) is 9.21 Å². The number of amides is 1. The zero-order chi connectivity index (χ0) is 16.4. The molecule has 6 nitrogen and oxygen atoms in total. The minimum atomic E-state index is -4.29. The van der Waals surface area contributed by atoms with Gasteiger partial charge < -0.3 is 10.6 Å². The molecule has 0 aromatic heterocycles. The molecular formula is C12H17F2N3O3S. The second kappa shape index (κ2) is 6.35. The molecule has 118 valence electrons. The van der Waals surface area contributed by atoms with Crippen molar-refractivity contribution in [3.8, 4) is 0 Å². The highest BCUT2D eigenvalue weighted by Crippen LogP contribution is 2.24. The number of nitrogens with zero attached hydrogens (tertiary/aromatic N) is 2. The summed E-state index contributed by atoms with van der Waals surface area (Å²) < 4.78 is 52.3. The van der Waals surface area contributed by atoms with Gasteiger partial charge in [-0.25, -0.2) is 17.2 Å². The van der Waals surface area contributed by atoms with E-state index < -0.39 is 44.7 Å². The number of likely N-dealkylation sites (N-methyl/N-ethyl adjacent to an activating group) is 2. The van der Waals surface area contributed by atoms with Crippen LogP contribution in [0.15, 0.2) is 17.0 Å². The molecule has 0 saturated carbocycles. The van der Waals surface area contributed by atoms with E-state index in [1.165, 1.54) is 25.9 Å². The number of rotatable bonds is 5. The number of carbonyl (C=O) groups is 1. The third kappa shape index (κ3) is 3.67. The molecular weight excluding hydrogens is 304 g/mol. The second-order valence-corrected chi connectivity index (χ2v) is 6.43. The van der Waals surface area contributed by atoms with Crippen LogP contribution in [-0.2, 0) is 14.8 Å². The van der Waals surface area contributed by atoms with Crippen LogP contribution >= 0.6 is 0 Å². The van der Waals surface area contributed by atoms with Gasteiger partial charge in [0.15, 0.2) is 0 Å². The predicted octanol–water partition coefficient (Wildman–Crippen LogP) is 0.646. The zero-order valence-corrected chi connectivity index (χ0v) is 12.7. The van der Waals surface area contributed by atoms with Crippen LogP contribution in [0.1, 0.15) is 6.92 Å². The van der Waals surface area contributed by atoms with E-state index in [1.807, 2.05) is 0 Å². The third-order valence-corrected chi connectivity index (χ3v) is 4.77. The topological polar surface area (TPSA) is 83.7 Å². The van der Waals surface area contributed by atoms with E-state index in [4.69, 9.17) is 5.73 Å². The summed E-state index contributed by atoms with van der Waals surface area (Å²) in [4.78, 5) is 12.1. The number of anilines is 1. The first-order chi connectivity index (χ1) is 9.61. The molecule has 0 unspecified atom stereocenters. The van der Waals surface area contributed by atoms with Gasteiger partial charge in [0.05, 0.1) is 12.2 Å². The van der Waals surface area contributed by atoms with E-state index in [9.17, 15) is 22.0 Å². The predicted molar refractivity (Wildman–Crippen MR) is 73.9 cm³/mol. The zero-order valence-electron chi connectivity index (χ0n) is 11.9. The number of carbonyl (C=O) groups excluding carboxylic acids is 1. The Kier molecular flexibility index (Phi) is 5.24. The van der Waals surface area contributed by atoms with Gasteiger partial charge in [0.25, 0.3) is 0 Å². The van der Waals surface area contributed by atoms with Gasteiger partial charge in [-0.1, -0.05) is 6.92 Å². The number of hydrogen-bond acceptors (Lipinski definition) is 4. The summed E-state index contributed by atoms with van der Waals surface area (Å²) in [6.07, 6.45) is 0. The summed E-state index contributed by atoms with van der Waals surface area (Å²) in [5, 5.41) is 0. The minimum absolute atomic E-state index is 0.0430. The maximum absolute atomic E-state index is 13.7. The molecule has 0 bridgehead atoms. The number of nitrogen functional groups attached to an aromatic ring is 1. The van der Waals surface area contributed by atoms with Gasteiger partial charge in [0.2, 0.25) is 15.9 Å². The van der Waals surface area contributed by atoms with Crippen molar-refractivity contribution >= 4 is 21.6 Å². The fraction of sp³-hybridized carbons (Fsp3) is 0.417. The van der Waals surface area contributed by atoms with Crippen LogP contribution in [0.5, 0.6) is 0 Å². The molecule has 21 heavy (non-hydrogen) atoms. The lowest BCUT2D eigenvalue weighted by molar-refractivity contribution is -0.128. The van der Waals surface area contributed by atoms with E-state index in [-0.39, 0.29) is 6.54 Å². The fourth-order valence-corrected chi connectivity index (χ4v) is 3.02. The van der Waals surface area contributed by atoms with E-state index in [0.29, 0.717) is 12.1 Å². The van der Waals surface area contributed by atoms with Gasteiger partial charge in [0, 0.05) is 26.7 Å². The van der Waals surface area contributed by atoms with E-state index in [2.05, 4.69) is 0 Å². The Balaban J connectivity index is 3.25. The Morgan fingerprint density at radius 2 is 1.81 bits per heavy atom. The number of benzene rings is 1. The van der Waals surface area contributed by atoms with Gasteiger partial charge in [-0.05, 0) is 6.07 Å². The molecule has 0 saturated heterocycles. The first-order valence-corrected chi connectivity index (χ1v) is 7.50. The van der Waals surface area contributed by atoms with Crippen LogP contribution in [0.4, 0.5) is 14.5 Å². The van der Waals surface area contributed by atoms with Gasteiger partial charge in [0.1, 0.15) is 16.5 Å². The fourth-order valence-electron chi connectivity index (χ4n) is 1.54. The monoisotopic (exact) mass is 321 g/mol. The molecule has 0 aliphatic rings. The van der Waals surface area contributed by atoms with E-state index in [1.54, 1.807) is 0 Å². The first-order valence-electron chi connectivity index (χ1n) is 6.06. The second-order valence-electron chi connectivity index (χ2n) is 4.52. The number of sulfonamides is 1. The van der Waals surface area contributed by atoms with Crippen LogP contribution < -0.4 is 5.73 Å². The third-order valence-electron chi connectivity index (χ3n) is 2.83. The molecule has 1 aromatic carbocycles. The Bertz CT molecular complexity index is 647. The summed E-state index contributed by atoms with van der Waals surface area (Å²) in [5.74, 6) is -2.76. The summed E-state index contributed by atoms with van der Waals surface area (Å²) in [6.45, 7) is 1.02. The molecule has 1 rings (SSSR count). The van der Waals surface area contributed by atoms with Crippen molar-refractivity contribution in [3.05, 3.63) is 23.8 Å². The highest BCUT2D eigenvalue weighted by atomic mass is 32.2. The summed E-state index contributed by atoms with van der Waals surface area (Å²) in [5.41, 5.74) is 4.80. The lowest BCUT2D eigenvalue weighted by Crippen LogP contribution is -2.40. The lowest BCUT2D eigenvalue weighted by Gasteiger charge is -2.22.